The summed E-state index contributed by atoms with van der Waals surface area (Å²) in [5.74, 6) is 2.08. The van der Waals surface area contributed by atoms with E-state index in [-0.39, 0.29) is 17.6 Å². The van der Waals surface area contributed by atoms with Crippen molar-refractivity contribution in [3.8, 4) is 16.9 Å². The molecule has 1 atom stereocenters. The van der Waals surface area contributed by atoms with E-state index in [2.05, 4.69) is 36.1 Å². The Morgan fingerprint density at radius 2 is 1.84 bits per heavy atom. The molecule has 0 radical (unpaired) electrons. The first kappa shape index (κ1) is 33.9. The van der Waals surface area contributed by atoms with Crippen LogP contribution >= 0.6 is 11.6 Å². The Labute approximate surface area is 289 Å². The van der Waals surface area contributed by atoms with E-state index in [0.717, 1.165) is 47.5 Å². The first-order chi connectivity index (χ1) is 23.7. The fourth-order valence-electron chi connectivity index (χ4n) is 6.36. The van der Waals surface area contributed by atoms with Crippen LogP contribution in [0.2, 0.25) is 5.02 Å². The summed E-state index contributed by atoms with van der Waals surface area (Å²) in [5, 5.41) is 12.8. The van der Waals surface area contributed by atoms with Crippen LogP contribution in [0.4, 0.5) is 11.4 Å². The number of methoxy groups -OCH3 is 1. The van der Waals surface area contributed by atoms with Gasteiger partial charge in [0.2, 0.25) is 0 Å². The van der Waals surface area contributed by atoms with Crippen molar-refractivity contribution in [3.63, 3.8) is 0 Å². The van der Waals surface area contributed by atoms with E-state index in [0.29, 0.717) is 65.3 Å². The molecule has 4 aromatic rings. The number of hydrogen-bond acceptors (Lipinski definition) is 9. The first-order valence-electron chi connectivity index (χ1n) is 16.1. The van der Waals surface area contributed by atoms with Gasteiger partial charge in [-0.3, -0.25) is 14.6 Å². The minimum Gasteiger partial charge on any atom is -0.496 e. The number of benzene rings is 2. The molecule has 4 N–H and O–H groups in total. The number of halogens is 1. The van der Waals surface area contributed by atoms with Gasteiger partial charge in [-0.1, -0.05) is 35.9 Å². The highest BCUT2D eigenvalue weighted by atomic mass is 35.5. The molecule has 1 fully saturated rings. The van der Waals surface area contributed by atoms with E-state index >= 15 is 0 Å². The van der Waals surface area contributed by atoms with Gasteiger partial charge in [0.05, 0.1) is 29.2 Å². The quantitative estimate of drug-likeness (QED) is 0.178. The lowest BCUT2D eigenvalue weighted by atomic mass is 9.98. The van der Waals surface area contributed by atoms with Crippen LogP contribution in [0.25, 0.3) is 11.1 Å². The highest BCUT2D eigenvalue weighted by Gasteiger charge is 2.25. The summed E-state index contributed by atoms with van der Waals surface area (Å²) in [7, 11) is 5.46. The normalized spacial score (nSPS) is 15.7. The van der Waals surface area contributed by atoms with Crippen LogP contribution in [0.1, 0.15) is 56.5 Å². The second-order valence-corrected chi connectivity index (χ2v) is 12.8. The van der Waals surface area contributed by atoms with Crippen molar-refractivity contribution in [2.24, 2.45) is 7.05 Å². The van der Waals surface area contributed by atoms with E-state index in [1.807, 2.05) is 61.9 Å². The maximum absolute atomic E-state index is 13.4. The number of hydrogen-bond donors (Lipinski definition) is 4. The first-order valence-corrected chi connectivity index (χ1v) is 16.5. The number of ether oxygens (including phenoxy) is 1. The molecule has 4 heterocycles. The van der Waals surface area contributed by atoms with Crippen LogP contribution in [0.5, 0.6) is 5.75 Å². The molecule has 254 valence electrons. The Morgan fingerprint density at radius 1 is 1.08 bits per heavy atom. The molecule has 2 amide bonds. The number of anilines is 2. The Balaban J connectivity index is 1.15. The fourth-order valence-corrected chi connectivity index (χ4v) is 6.64. The van der Waals surface area contributed by atoms with Gasteiger partial charge in [0.15, 0.2) is 5.82 Å². The molecule has 0 bridgehead atoms. The molecule has 2 aliphatic heterocycles. The third-order valence-corrected chi connectivity index (χ3v) is 9.52. The van der Waals surface area contributed by atoms with Crippen molar-refractivity contribution in [2.45, 2.75) is 45.3 Å². The minimum absolute atomic E-state index is 0.162. The number of nitrogens with zero attached hydrogens (tertiary/aromatic N) is 4. The topological polar surface area (TPSA) is 143 Å². The van der Waals surface area contributed by atoms with Crippen LogP contribution in [0.15, 0.2) is 54.4 Å². The summed E-state index contributed by atoms with van der Waals surface area (Å²) in [6.45, 7) is 4.66. The average Bonchev–Trinajstić information content (AvgIpc) is 3.70. The van der Waals surface area contributed by atoms with E-state index in [9.17, 15) is 14.4 Å². The van der Waals surface area contributed by atoms with Crippen LogP contribution in [-0.4, -0.2) is 70.5 Å². The average molecular weight is 683 g/mol. The zero-order chi connectivity index (χ0) is 34.7. The van der Waals surface area contributed by atoms with Crippen LogP contribution in [-0.2, 0) is 31.4 Å². The summed E-state index contributed by atoms with van der Waals surface area (Å²) >= 11 is 6.91. The SMILES string of the molecule is COc1cc(C(=O)Nc2cccc(-c3cccc(NC(=O)c4nc5c(n4C)CCN(C)C5)c3Cl)c2C)ncc1CNC[C@@H]1CCC(=C=O)N1. The van der Waals surface area contributed by atoms with Gasteiger partial charge in [0.1, 0.15) is 17.4 Å². The highest BCUT2D eigenvalue weighted by molar-refractivity contribution is 6.36. The van der Waals surface area contributed by atoms with Gasteiger partial charge in [-0.2, -0.15) is 0 Å². The van der Waals surface area contributed by atoms with Gasteiger partial charge in [-0.25, -0.2) is 9.78 Å². The molecule has 0 spiro atoms. The van der Waals surface area contributed by atoms with Gasteiger partial charge in [0.25, 0.3) is 11.8 Å². The monoisotopic (exact) mass is 682 g/mol. The molecular formula is C36H39ClN8O4. The molecular weight excluding hydrogens is 644 g/mol. The lowest BCUT2D eigenvalue weighted by molar-refractivity contribution is 0.100. The van der Waals surface area contributed by atoms with Gasteiger partial charge < -0.3 is 35.5 Å². The Morgan fingerprint density at radius 3 is 2.59 bits per heavy atom. The number of fused-ring (bicyclic) bond motifs is 1. The van der Waals surface area contributed by atoms with Crippen molar-refractivity contribution in [1.29, 1.82) is 0 Å². The summed E-state index contributed by atoms with van der Waals surface area (Å²) in [4.78, 5) is 48.8. The molecule has 2 aliphatic rings. The number of likely N-dealkylation sites (N-methyl/N-ethyl adjacent to an activating group) is 1. The zero-order valence-electron chi connectivity index (χ0n) is 27.9. The lowest BCUT2D eigenvalue weighted by Gasteiger charge is -2.21. The molecule has 12 nitrogen and oxygen atoms in total. The number of imidazole rings is 1. The summed E-state index contributed by atoms with van der Waals surface area (Å²) in [6.07, 6.45) is 4.03. The molecule has 49 heavy (non-hydrogen) atoms. The van der Waals surface area contributed by atoms with Crippen molar-refractivity contribution in [3.05, 3.63) is 93.4 Å². The number of carbonyl (C=O) groups excluding carboxylic acids is 3. The number of nitrogens with one attached hydrogen (secondary N) is 4. The summed E-state index contributed by atoms with van der Waals surface area (Å²) in [5.41, 5.74) is 6.95. The molecule has 13 heteroatoms. The van der Waals surface area contributed by atoms with Crippen LogP contribution < -0.4 is 26.0 Å². The highest BCUT2D eigenvalue weighted by Crippen LogP contribution is 2.38. The number of pyridine rings is 1. The Kier molecular flexibility index (Phi) is 10.1. The molecule has 0 saturated carbocycles. The van der Waals surface area contributed by atoms with E-state index < -0.39 is 5.91 Å². The summed E-state index contributed by atoms with van der Waals surface area (Å²) < 4.78 is 7.43. The van der Waals surface area contributed by atoms with Gasteiger partial charge in [0, 0.05) is 86.9 Å². The number of aromatic nitrogens is 3. The van der Waals surface area contributed by atoms with E-state index in [4.69, 9.17) is 16.3 Å². The molecule has 6 rings (SSSR count). The number of amides is 2. The lowest BCUT2D eigenvalue weighted by Crippen LogP contribution is -2.33. The predicted octanol–water partition coefficient (Wildman–Crippen LogP) is 4.50. The largest absolute Gasteiger partial charge is 0.496 e. The zero-order valence-corrected chi connectivity index (χ0v) is 28.7. The molecule has 2 aromatic heterocycles. The smallest absolute Gasteiger partial charge is 0.291 e. The van der Waals surface area contributed by atoms with E-state index in [1.165, 1.54) is 0 Å². The van der Waals surface area contributed by atoms with Crippen LogP contribution in [0, 0.1) is 6.92 Å². The third-order valence-electron chi connectivity index (χ3n) is 9.12. The number of allylic oxidation sites excluding steroid dienone is 1. The van der Waals surface area contributed by atoms with Gasteiger partial charge in [-0.15, -0.1) is 0 Å². The minimum atomic E-state index is -0.391. The van der Waals surface area contributed by atoms with Crippen molar-refractivity contribution in [2.75, 3.05) is 37.9 Å². The maximum atomic E-state index is 13.4. The molecule has 2 aromatic carbocycles. The second-order valence-electron chi connectivity index (χ2n) is 12.4. The third kappa shape index (κ3) is 7.23. The van der Waals surface area contributed by atoms with E-state index in [1.54, 1.807) is 25.4 Å². The fraction of sp³-hybridized carbons (Fsp3) is 0.333. The Bertz CT molecular complexity index is 1970. The second kappa shape index (κ2) is 14.6. The van der Waals surface area contributed by atoms with Crippen LogP contribution in [0.3, 0.4) is 0 Å². The molecule has 0 aliphatic carbocycles. The Hall–Kier alpha value is -5.00. The molecule has 0 unspecified atom stereocenters. The number of rotatable bonds is 10. The van der Waals surface area contributed by atoms with Crippen molar-refractivity contribution >= 4 is 40.7 Å². The van der Waals surface area contributed by atoms with Gasteiger partial charge >= 0.3 is 0 Å². The standard InChI is InChI=1S/C36H39ClN8O4/c1-21-25(26-8-6-10-28(33(26)37)43-36(48)34-41-30-19-44(2)14-13-31(30)45(34)3)7-5-9-27(21)42-35(47)29-15-32(49-4)22(17-39-29)16-38-18-23-11-12-24(20-46)40-23/h5-10,15,17,23,38,40H,11-14,16,18-19H2,1-4H3,(H,42,47)(H,43,48)/t23-/m0/s1. The van der Waals surface area contributed by atoms with Crippen molar-refractivity contribution in [1.82, 2.24) is 30.1 Å². The summed E-state index contributed by atoms with van der Waals surface area (Å²) in [6, 6.07) is 12.8. The van der Waals surface area contributed by atoms with Gasteiger partial charge in [-0.05, 0) is 43.7 Å². The number of carbonyl (C=O) groups is 2. The van der Waals surface area contributed by atoms with Crippen molar-refractivity contribution < 1.29 is 19.1 Å². The predicted molar refractivity (Wildman–Crippen MR) is 189 cm³/mol. The maximum Gasteiger partial charge on any atom is 0.291 e. The molecule has 1 saturated heterocycles.